The highest BCUT2D eigenvalue weighted by Gasteiger charge is 2.15. The van der Waals surface area contributed by atoms with Gasteiger partial charge in [-0.25, -0.2) is 18.6 Å². The fourth-order valence-corrected chi connectivity index (χ4v) is 1.65. The summed E-state index contributed by atoms with van der Waals surface area (Å²) in [5.74, 6) is -3.00. The Labute approximate surface area is 119 Å². The number of aromatic nitrogens is 1. The molecule has 2 rings (SSSR count). The Morgan fingerprint density at radius 3 is 2.48 bits per heavy atom. The average molecular weight is 294 g/mol. The summed E-state index contributed by atoms with van der Waals surface area (Å²) in [5, 5.41) is 11.2. The molecule has 21 heavy (non-hydrogen) atoms. The summed E-state index contributed by atoms with van der Waals surface area (Å²) >= 11 is 0. The quantitative estimate of drug-likeness (QED) is 0.886. The van der Waals surface area contributed by atoms with Crippen molar-refractivity contribution in [3.05, 3.63) is 47.7 Å². The molecule has 2 N–H and O–H groups in total. The highest BCUT2D eigenvalue weighted by Crippen LogP contribution is 2.25. The first-order valence-corrected chi connectivity index (χ1v) is 6.09. The Kier molecular flexibility index (Phi) is 4.32. The molecule has 1 heterocycles. The fraction of sp³-hybridized carbons (Fsp3) is 0.143. The van der Waals surface area contributed by atoms with E-state index in [9.17, 15) is 13.6 Å². The number of nitrogens with zero attached hydrogens (tertiary/aromatic N) is 1. The maximum Gasteiger partial charge on any atom is 0.335 e. The van der Waals surface area contributed by atoms with Crippen molar-refractivity contribution in [3.63, 3.8) is 0 Å². The molecule has 0 bridgehead atoms. The van der Waals surface area contributed by atoms with Gasteiger partial charge in [0, 0.05) is 6.07 Å². The lowest BCUT2D eigenvalue weighted by Crippen LogP contribution is -2.03. The van der Waals surface area contributed by atoms with Gasteiger partial charge >= 0.3 is 5.97 Å². The maximum absolute atomic E-state index is 13.7. The van der Waals surface area contributed by atoms with E-state index in [1.807, 2.05) is 6.92 Å². The standard InChI is InChI=1S/C14H12F2N2O3/c1-2-21-12-4-3-9(7-17-12)18-13-10(15)5-8(14(19)20)6-11(13)16/h3-7,18H,2H2,1H3,(H,19,20). The first-order valence-electron chi connectivity index (χ1n) is 6.09. The molecule has 0 fully saturated rings. The molecule has 0 saturated carbocycles. The molecular weight excluding hydrogens is 282 g/mol. The van der Waals surface area contributed by atoms with Crippen LogP contribution in [0.2, 0.25) is 0 Å². The van der Waals surface area contributed by atoms with Crippen LogP contribution in [0.4, 0.5) is 20.2 Å². The molecule has 0 aliphatic rings. The van der Waals surface area contributed by atoms with Crippen LogP contribution in [0.1, 0.15) is 17.3 Å². The van der Waals surface area contributed by atoms with Crippen molar-refractivity contribution in [2.45, 2.75) is 6.92 Å². The van der Waals surface area contributed by atoms with Crippen LogP contribution >= 0.6 is 0 Å². The van der Waals surface area contributed by atoms with Crippen molar-refractivity contribution in [2.24, 2.45) is 0 Å². The predicted octanol–water partition coefficient (Wildman–Crippen LogP) is 3.20. The minimum Gasteiger partial charge on any atom is -0.478 e. The number of hydrogen-bond acceptors (Lipinski definition) is 4. The fourth-order valence-electron chi connectivity index (χ4n) is 1.65. The van der Waals surface area contributed by atoms with E-state index >= 15 is 0 Å². The Hall–Kier alpha value is -2.70. The number of benzene rings is 1. The second-order valence-corrected chi connectivity index (χ2v) is 4.06. The number of anilines is 2. The number of carboxylic acid groups (broad SMARTS) is 1. The average Bonchev–Trinajstić information content (AvgIpc) is 2.44. The summed E-state index contributed by atoms with van der Waals surface area (Å²) in [6, 6.07) is 4.58. The Morgan fingerprint density at radius 2 is 2.00 bits per heavy atom. The van der Waals surface area contributed by atoms with E-state index in [1.165, 1.54) is 6.20 Å². The molecule has 0 saturated heterocycles. The predicted molar refractivity (Wildman–Crippen MR) is 72.0 cm³/mol. The second-order valence-electron chi connectivity index (χ2n) is 4.06. The van der Waals surface area contributed by atoms with Crippen molar-refractivity contribution in [3.8, 4) is 5.88 Å². The molecule has 0 radical (unpaired) electrons. The topological polar surface area (TPSA) is 71.5 Å². The lowest BCUT2D eigenvalue weighted by Gasteiger charge is -2.10. The van der Waals surface area contributed by atoms with Gasteiger partial charge in [-0.15, -0.1) is 0 Å². The van der Waals surface area contributed by atoms with Gasteiger partial charge in [0.25, 0.3) is 0 Å². The van der Waals surface area contributed by atoms with Gasteiger partial charge in [0.1, 0.15) is 5.69 Å². The van der Waals surface area contributed by atoms with Gasteiger partial charge in [0.2, 0.25) is 5.88 Å². The molecule has 0 unspecified atom stereocenters. The molecule has 0 amide bonds. The molecule has 0 aliphatic carbocycles. The summed E-state index contributed by atoms with van der Waals surface area (Å²) in [6.45, 7) is 2.27. The van der Waals surface area contributed by atoms with Crippen LogP contribution in [0.5, 0.6) is 5.88 Å². The van der Waals surface area contributed by atoms with Crippen LogP contribution in [-0.2, 0) is 0 Å². The first-order chi connectivity index (χ1) is 10.0. The van der Waals surface area contributed by atoms with E-state index in [0.29, 0.717) is 18.2 Å². The molecule has 1 aromatic heterocycles. The van der Waals surface area contributed by atoms with Crippen LogP contribution < -0.4 is 10.1 Å². The van der Waals surface area contributed by atoms with Gasteiger partial charge in [-0.05, 0) is 25.1 Å². The number of carbonyl (C=O) groups is 1. The van der Waals surface area contributed by atoms with Crippen molar-refractivity contribution < 1.29 is 23.4 Å². The van der Waals surface area contributed by atoms with E-state index in [1.54, 1.807) is 12.1 Å². The summed E-state index contributed by atoms with van der Waals surface area (Å²) in [6.07, 6.45) is 1.36. The second kappa shape index (κ2) is 6.17. The molecule has 0 atom stereocenters. The lowest BCUT2D eigenvalue weighted by molar-refractivity contribution is 0.0696. The van der Waals surface area contributed by atoms with Crippen molar-refractivity contribution in [2.75, 3.05) is 11.9 Å². The van der Waals surface area contributed by atoms with Gasteiger partial charge in [-0.2, -0.15) is 0 Å². The molecule has 0 spiro atoms. The van der Waals surface area contributed by atoms with Gasteiger partial charge in [0.05, 0.1) is 24.1 Å². The highest BCUT2D eigenvalue weighted by atomic mass is 19.1. The monoisotopic (exact) mass is 294 g/mol. The van der Waals surface area contributed by atoms with E-state index in [0.717, 1.165) is 12.1 Å². The molecule has 5 nitrogen and oxygen atoms in total. The molecule has 0 aliphatic heterocycles. The number of pyridine rings is 1. The Balaban J connectivity index is 2.25. The maximum atomic E-state index is 13.7. The number of rotatable bonds is 5. The smallest absolute Gasteiger partial charge is 0.335 e. The Morgan fingerprint density at radius 1 is 1.33 bits per heavy atom. The SMILES string of the molecule is CCOc1ccc(Nc2c(F)cc(C(=O)O)cc2F)cn1. The number of aromatic carboxylic acids is 1. The number of carboxylic acids is 1. The summed E-state index contributed by atoms with van der Waals surface area (Å²) in [5.41, 5.74) is -0.550. The van der Waals surface area contributed by atoms with E-state index < -0.39 is 28.9 Å². The molecule has 2 aromatic rings. The normalized spacial score (nSPS) is 10.2. The summed E-state index contributed by atoms with van der Waals surface area (Å²) < 4.78 is 32.6. The molecular formula is C14H12F2N2O3. The van der Waals surface area contributed by atoms with Crippen LogP contribution in [0, 0.1) is 11.6 Å². The van der Waals surface area contributed by atoms with E-state index in [2.05, 4.69) is 10.3 Å². The zero-order valence-corrected chi connectivity index (χ0v) is 11.1. The van der Waals surface area contributed by atoms with Crippen molar-refractivity contribution >= 4 is 17.3 Å². The number of hydrogen-bond donors (Lipinski definition) is 2. The third kappa shape index (κ3) is 3.44. The van der Waals surface area contributed by atoms with Gasteiger partial charge in [-0.1, -0.05) is 0 Å². The zero-order valence-electron chi connectivity index (χ0n) is 11.1. The van der Waals surface area contributed by atoms with E-state index in [4.69, 9.17) is 9.84 Å². The molecule has 110 valence electrons. The number of halogens is 2. The van der Waals surface area contributed by atoms with Gasteiger partial charge < -0.3 is 15.2 Å². The third-order valence-electron chi connectivity index (χ3n) is 2.59. The minimum absolute atomic E-state index is 0.347. The third-order valence-corrected chi connectivity index (χ3v) is 2.59. The first kappa shape index (κ1) is 14.7. The van der Waals surface area contributed by atoms with Crippen LogP contribution in [-0.4, -0.2) is 22.7 Å². The Bertz CT molecular complexity index is 637. The summed E-state index contributed by atoms with van der Waals surface area (Å²) in [4.78, 5) is 14.6. The molecule has 1 aromatic carbocycles. The number of nitrogens with one attached hydrogen (secondary N) is 1. The largest absolute Gasteiger partial charge is 0.478 e. The minimum atomic E-state index is -1.40. The van der Waals surface area contributed by atoms with Gasteiger partial charge in [0.15, 0.2) is 11.6 Å². The highest BCUT2D eigenvalue weighted by molar-refractivity contribution is 5.88. The zero-order chi connectivity index (χ0) is 15.4. The van der Waals surface area contributed by atoms with Crippen LogP contribution in [0.3, 0.4) is 0 Å². The van der Waals surface area contributed by atoms with E-state index in [-0.39, 0.29) is 0 Å². The summed E-state index contributed by atoms with van der Waals surface area (Å²) in [7, 11) is 0. The van der Waals surface area contributed by atoms with Crippen molar-refractivity contribution in [1.29, 1.82) is 0 Å². The molecule has 7 heteroatoms. The number of ether oxygens (including phenoxy) is 1. The van der Waals surface area contributed by atoms with Crippen LogP contribution in [0.25, 0.3) is 0 Å². The van der Waals surface area contributed by atoms with Crippen LogP contribution in [0.15, 0.2) is 30.5 Å². The van der Waals surface area contributed by atoms with Crippen molar-refractivity contribution in [1.82, 2.24) is 4.98 Å². The lowest BCUT2D eigenvalue weighted by atomic mass is 10.2. The van der Waals surface area contributed by atoms with Gasteiger partial charge in [-0.3, -0.25) is 0 Å².